The van der Waals surface area contributed by atoms with E-state index in [4.69, 9.17) is 28.4 Å². The van der Waals surface area contributed by atoms with Crippen LogP contribution in [0, 0.1) is 0 Å². The molecule has 0 fully saturated rings. The Morgan fingerprint density at radius 2 is 1.24 bits per heavy atom. The number of hydrogen-bond donors (Lipinski definition) is 0. The Labute approximate surface area is 171 Å². The van der Waals surface area contributed by atoms with E-state index in [2.05, 4.69) is 13.2 Å². The summed E-state index contributed by atoms with van der Waals surface area (Å²) < 4.78 is 31.5. The second kappa shape index (κ2) is 16.1. The number of hydrogen-bond acceptors (Lipinski definition) is 8. The maximum atomic E-state index is 10.9. The van der Waals surface area contributed by atoms with E-state index in [1.165, 1.54) is 0 Å². The van der Waals surface area contributed by atoms with Crippen molar-refractivity contribution in [2.75, 3.05) is 52.9 Å². The van der Waals surface area contributed by atoms with Crippen LogP contribution >= 0.6 is 0 Å². The van der Waals surface area contributed by atoms with Crippen LogP contribution in [0.1, 0.15) is 6.42 Å². The van der Waals surface area contributed by atoms with Crippen molar-refractivity contribution in [3.05, 3.63) is 49.6 Å². The average molecular weight is 408 g/mol. The molecule has 160 valence electrons. The van der Waals surface area contributed by atoms with Gasteiger partial charge in [0.05, 0.1) is 39.6 Å². The fourth-order valence-corrected chi connectivity index (χ4v) is 1.93. The Hall–Kier alpha value is -2.84. The number of esters is 2. The van der Waals surface area contributed by atoms with Gasteiger partial charge in [0, 0.05) is 24.6 Å². The molecule has 1 aromatic carbocycles. The molecular formula is C21H28O8. The first-order valence-corrected chi connectivity index (χ1v) is 9.25. The molecule has 8 nitrogen and oxygen atoms in total. The van der Waals surface area contributed by atoms with Gasteiger partial charge in [-0.2, -0.15) is 0 Å². The maximum Gasteiger partial charge on any atom is 0.330 e. The van der Waals surface area contributed by atoms with Crippen molar-refractivity contribution in [3.63, 3.8) is 0 Å². The number of rotatable bonds is 17. The highest BCUT2D eigenvalue weighted by Crippen LogP contribution is 2.19. The van der Waals surface area contributed by atoms with Crippen LogP contribution in [-0.2, 0) is 28.5 Å². The van der Waals surface area contributed by atoms with E-state index in [-0.39, 0.29) is 13.2 Å². The fourth-order valence-electron chi connectivity index (χ4n) is 1.93. The number of carbonyl (C=O) groups is 2. The second-order valence-corrected chi connectivity index (χ2v) is 5.49. The molecule has 1 rings (SSSR count). The van der Waals surface area contributed by atoms with Crippen LogP contribution in [0.3, 0.4) is 0 Å². The van der Waals surface area contributed by atoms with Gasteiger partial charge in [-0.15, -0.1) is 0 Å². The van der Waals surface area contributed by atoms with Crippen molar-refractivity contribution in [3.8, 4) is 11.5 Å². The van der Waals surface area contributed by atoms with E-state index in [1.54, 1.807) is 6.07 Å². The fraction of sp³-hybridized carbons (Fsp3) is 0.429. The van der Waals surface area contributed by atoms with E-state index < -0.39 is 11.9 Å². The van der Waals surface area contributed by atoms with E-state index in [9.17, 15) is 9.59 Å². The van der Waals surface area contributed by atoms with Crippen LogP contribution in [-0.4, -0.2) is 64.8 Å². The quantitative estimate of drug-likeness (QED) is 0.220. The zero-order valence-corrected chi connectivity index (χ0v) is 16.5. The number of ether oxygens (including phenoxy) is 6. The topological polar surface area (TPSA) is 89.5 Å². The van der Waals surface area contributed by atoms with Crippen LogP contribution in [0.2, 0.25) is 0 Å². The van der Waals surface area contributed by atoms with Gasteiger partial charge in [0.2, 0.25) is 0 Å². The first-order chi connectivity index (χ1) is 14.2. The summed E-state index contributed by atoms with van der Waals surface area (Å²) in [5.74, 6) is 0.433. The van der Waals surface area contributed by atoms with Crippen molar-refractivity contribution in [2.45, 2.75) is 6.42 Å². The Morgan fingerprint density at radius 3 is 1.86 bits per heavy atom. The molecular weight excluding hydrogens is 380 g/mol. The zero-order valence-electron chi connectivity index (χ0n) is 16.5. The van der Waals surface area contributed by atoms with Crippen molar-refractivity contribution in [1.29, 1.82) is 0 Å². The maximum absolute atomic E-state index is 10.9. The minimum atomic E-state index is -0.467. The lowest BCUT2D eigenvalue weighted by Gasteiger charge is -2.10. The molecule has 0 aliphatic rings. The van der Waals surface area contributed by atoms with Gasteiger partial charge in [-0.1, -0.05) is 19.2 Å². The Morgan fingerprint density at radius 1 is 0.724 bits per heavy atom. The summed E-state index contributed by atoms with van der Waals surface area (Å²) in [4.78, 5) is 21.7. The molecule has 0 amide bonds. The van der Waals surface area contributed by atoms with Crippen LogP contribution in [0.5, 0.6) is 11.5 Å². The van der Waals surface area contributed by atoms with Gasteiger partial charge in [-0.25, -0.2) is 9.59 Å². The molecule has 1 aromatic rings. The molecule has 0 saturated heterocycles. The second-order valence-electron chi connectivity index (χ2n) is 5.49. The molecule has 0 aliphatic heterocycles. The minimum absolute atomic E-state index is 0.187. The molecule has 0 heterocycles. The van der Waals surface area contributed by atoms with Crippen molar-refractivity contribution in [2.24, 2.45) is 0 Å². The van der Waals surface area contributed by atoms with Gasteiger partial charge in [0.15, 0.2) is 0 Å². The molecule has 0 N–H and O–H groups in total. The molecule has 29 heavy (non-hydrogen) atoms. The third-order valence-corrected chi connectivity index (χ3v) is 3.28. The summed E-state index contributed by atoms with van der Waals surface area (Å²) in [6.45, 7) is 9.44. The van der Waals surface area contributed by atoms with Crippen molar-refractivity contribution < 1.29 is 38.0 Å². The summed E-state index contributed by atoms with van der Waals surface area (Å²) >= 11 is 0. The van der Waals surface area contributed by atoms with Gasteiger partial charge >= 0.3 is 11.9 Å². The lowest BCUT2D eigenvalue weighted by molar-refractivity contribution is -0.139. The van der Waals surface area contributed by atoms with Crippen molar-refractivity contribution in [1.82, 2.24) is 0 Å². The summed E-state index contributed by atoms with van der Waals surface area (Å²) in [6.07, 6.45) is 2.81. The van der Waals surface area contributed by atoms with Crippen LogP contribution in [0.15, 0.2) is 49.6 Å². The predicted octanol–water partition coefficient (Wildman–Crippen LogP) is 2.33. The first-order valence-electron chi connectivity index (χ1n) is 9.25. The van der Waals surface area contributed by atoms with Gasteiger partial charge in [0.1, 0.15) is 24.7 Å². The average Bonchev–Trinajstić information content (AvgIpc) is 2.74. The predicted molar refractivity (Wildman–Crippen MR) is 106 cm³/mol. The normalized spacial score (nSPS) is 10.1. The highest BCUT2D eigenvalue weighted by atomic mass is 16.6. The Bertz CT molecular complexity index is 629. The standard InChI is InChI=1S/C21H28O8/c1-3-20(22)28-10-6-9-26-18-7-5-8-19(17-18)27-15-13-24-11-12-25-14-16-29-21(23)4-2/h3-5,7-8,17H,1-2,6,9-16H2. The third-order valence-electron chi connectivity index (χ3n) is 3.28. The van der Waals surface area contributed by atoms with Crippen LogP contribution in [0.25, 0.3) is 0 Å². The number of benzene rings is 1. The molecule has 0 atom stereocenters. The van der Waals surface area contributed by atoms with Gasteiger partial charge in [-0.3, -0.25) is 0 Å². The number of carbonyl (C=O) groups excluding carboxylic acids is 2. The van der Waals surface area contributed by atoms with Crippen molar-refractivity contribution >= 4 is 11.9 Å². The summed E-state index contributed by atoms with van der Waals surface area (Å²) in [5.41, 5.74) is 0. The lowest BCUT2D eigenvalue weighted by Crippen LogP contribution is -2.13. The van der Waals surface area contributed by atoms with Gasteiger partial charge < -0.3 is 28.4 Å². The van der Waals surface area contributed by atoms with E-state index >= 15 is 0 Å². The Balaban J connectivity index is 2.04. The van der Waals surface area contributed by atoms with Crippen LogP contribution < -0.4 is 9.47 Å². The van der Waals surface area contributed by atoms with Crippen LogP contribution in [0.4, 0.5) is 0 Å². The molecule has 0 unspecified atom stereocenters. The van der Waals surface area contributed by atoms with Gasteiger partial charge in [-0.05, 0) is 12.1 Å². The van der Waals surface area contributed by atoms with E-state index in [1.807, 2.05) is 18.2 Å². The summed E-state index contributed by atoms with van der Waals surface area (Å²) in [7, 11) is 0. The highest BCUT2D eigenvalue weighted by molar-refractivity contribution is 5.81. The highest BCUT2D eigenvalue weighted by Gasteiger charge is 2.00. The smallest absolute Gasteiger partial charge is 0.330 e. The minimum Gasteiger partial charge on any atom is -0.493 e. The largest absolute Gasteiger partial charge is 0.493 e. The van der Waals surface area contributed by atoms with Gasteiger partial charge in [0.25, 0.3) is 0 Å². The monoisotopic (exact) mass is 408 g/mol. The molecule has 0 aromatic heterocycles. The zero-order chi connectivity index (χ0) is 21.2. The molecule has 8 heteroatoms. The molecule has 0 radical (unpaired) electrons. The molecule has 0 spiro atoms. The summed E-state index contributed by atoms with van der Waals surface area (Å²) in [6, 6.07) is 7.26. The third kappa shape index (κ3) is 13.0. The Kier molecular flexibility index (Phi) is 13.5. The lowest BCUT2D eigenvalue weighted by atomic mass is 10.3. The van der Waals surface area contributed by atoms with E-state index in [0.717, 1.165) is 12.2 Å². The first kappa shape index (κ1) is 24.2. The SMILES string of the molecule is C=CC(=O)OCCCOc1cccc(OCCOCCOCCOC(=O)C=C)c1. The molecule has 0 saturated carbocycles. The molecule has 0 bridgehead atoms. The molecule has 0 aliphatic carbocycles. The van der Waals surface area contributed by atoms with E-state index in [0.29, 0.717) is 57.6 Å². The summed E-state index contributed by atoms with van der Waals surface area (Å²) in [5, 5.41) is 0.